The monoisotopic (exact) mass is 240 g/mol. The van der Waals surface area contributed by atoms with E-state index in [2.05, 4.69) is 0 Å². The summed E-state index contributed by atoms with van der Waals surface area (Å²) in [6, 6.07) is 0. The maximum Gasteiger partial charge on any atom is 0.291 e. The van der Waals surface area contributed by atoms with Gasteiger partial charge in [-0.25, -0.2) is 0 Å². The van der Waals surface area contributed by atoms with Crippen molar-refractivity contribution in [2.45, 2.75) is 0 Å². The smallest absolute Gasteiger partial charge is 0.291 e. The van der Waals surface area contributed by atoms with Gasteiger partial charge in [0.25, 0.3) is 5.09 Å². The molecule has 6 heteroatoms. The first-order chi connectivity index (χ1) is 1.73. The zero-order chi connectivity index (χ0) is 3.58. The molecule has 0 heterocycles. The molecule has 1 radical (unpaired) electrons. The van der Waals surface area contributed by atoms with Crippen molar-refractivity contribution in [3.63, 3.8) is 0 Å². The van der Waals surface area contributed by atoms with E-state index in [1.54, 1.807) is 0 Å². The van der Waals surface area contributed by atoms with Crippen LogP contribution in [0.1, 0.15) is 0 Å². The normalized spacial score (nSPS) is 4.00. The van der Waals surface area contributed by atoms with Gasteiger partial charge in [0.2, 0.25) is 0 Å². The predicted octanol–water partition coefficient (Wildman–Crippen LogP) is -1.17. The Kier molecular flexibility index (Phi) is 24.3. The van der Waals surface area contributed by atoms with E-state index in [-0.39, 0.29) is 44.1 Å². The van der Waals surface area contributed by atoms with Crippen LogP contribution < -0.4 is 0 Å². The minimum atomic E-state index is -1.50. The zero-order valence-electron chi connectivity index (χ0n) is 2.54. The molecule has 0 aromatic carbocycles. The molecule has 3 N–H and O–H groups in total. The fourth-order valence-corrected chi connectivity index (χ4v) is 0. The molecular formula is H3NO4Tb. The summed E-state index contributed by atoms with van der Waals surface area (Å²) in [5.41, 5.74) is 0. The van der Waals surface area contributed by atoms with Gasteiger partial charge in [-0.1, -0.05) is 0 Å². The first kappa shape index (κ1) is 16.1. The van der Waals surface area contributed by atoms with Crippen molar-refractivity contribution >= 4 is 0 Å². The quantitative estimate of drug-likeness (QED) is 0.426. The third-order valence-corrected chi connectivity index (χ3v) is 0. The summed E-state index contributed by atoms with van der Waals surface area (Å²) in [4.78, 5) is 8.36. The van der Waals surface area contributed by atoms with Crippen molar-refractivity contribution in [1.82, 2.24) is 0 Å². The summed E-state index contributed by atoms with van der Waals surface area (Å²) >= 11 is 0. The second-order valence-corrected chi connectivity index (χ2v) is 0.238. The molecule has 5 nitrogen and oxygen atoms in total. The molecule has 0 amide bonds. The van der Waals surface area contributed by atoms with Crippen LogP contribution in [-0.2, 0) is 0 Å². The molecule has 0 spiro atoms. The summed E-state index contributed by atoms with van der Waals surface area (Å²) in [6.45, 7) is 0. The molecule has 0 rings (SSSR count). The minimum absolute atomic E-state index is 0. The van der Waals surface area contributed by atoms with E-state index in [0.717, 1.165) is 0 Å². The van der Waals surface area contributed by atoms with Crippen molar-refractivity contribution in [2.24, 2.45) is 0 Å². The number of hydrogen-bond donors (Lipinski definition) is 1. The zero-order valence-corrected chi connectivity index (χ0v) is 4.68. The van der Waals surface area contributed by atoms with Gasteiger partial charge in [0.1, 0.15) is 0 Å². The average Bonchev–Trinajstić information content (AvgIpc) is 0.811. The first-order valence-corrected chi connectivity index (χ1v) is 0.565. The van der Waals surface area contributed by atoms with E-state index >= 15 is 0 Å². The Bertz CT molecular complexity index is 30.5. The number of nitrogens with zero attached hydrogens (tertiary/aromatic N) is 1. The molecule has 0 unspecified atom stereocenters. The second kappa shape index (κ2) is 9.07. The Morgan fingerprint density at radius 3 is 1.67 bits per heavy atom. The molecule has 6 heavy (non-hydrogen) atoms. The van der Waals surface area contributed by atoms with Crippen LogP contribution in [0.2, 0.25) is 0 Å². The Hall–Kier alpha value is 0.446. The largest absolute Gasteiger partial charge is 0.412 e. The van der Waals surface area contributed by atoms with E-state index in [1.807, 2.05) is 0 Å². The van der Waals surface area contributed by atoms with Gasteiger partial charge in [0.05, 0.1) is 0 Å². The van der Waals surface area contributed by atoms with Gasteiger partial charge < -0.3 is 10.7 Å². The maximum atomic E-state index is 8.36. The fraction of sp³-hybridized carbons (Fsp3) is 0. The van der Waals surface area contributed by atoms with Gasteiger partial charge in [-0.15, -0.1) is 10.1 Å². The van der Waals surface area contributed by atoms with Crippen LogP contribution in [0.4, 0.5) is 0 Å². The number of hydrogen-bond acceptors (Lipinski definition) is 2. The van der Waals surface area contributed by atoms with Gasteiger partial charge in [-0.05, 0) is 0 Å². The van der Waals surface area contributed by atoms with Crippen molar-refractivity contribution in [3.8, 4) is 0 Å². The third kappa shape index (κ3) is 266. The molecule has 0 aliphatic rings. The van der Waals surface area contributed by atoms with Crippen molar-refractivity contribution in [1.29, 1.82) is 0 Å². The molecule has 0 aromatic rings. The minimum Gasteiger partial charge on any atom is -0.412 e. The predicted molar refractivity (Wildman–Crippen MR) is 12.4 cm³/mol. The van der Waals surface area contributed by atoms with Gasteiger partial charge in [0, 0.05) is 38.6 Å². The van der Waals surface area contributed by atoms with Gasteiger partial charge >= 0.3 is 0 Å². The van der Waals surface area contributed by atoms with Crippen LogP contribution in [-0.4, -0.2) is 15.8 Å². The average molecular weight is 240 g/mol. The molecule has 0 aliphatic carbocycles. The Balaban J connectivity index is -0.0000000450. The molecule has 0 saturated heterocycles. The van der Waals surface area contributed by atoms with Crippen molar-refractivity contribution < 1.29 is 54.4 Å². The molecule has 41 valence electrons. The Morgan fingerprint density at radius 1 is 1.67 bits per heavy atom. The van der Waals surface area contributed by atoms with Crippen molar-refractivity contribution in [3.05, 3.63) is 10.1 Å². The van der Waals surface area contributed by atoms with Gasteiger partial charge in [-0.2, -0.15) is 0 Å². The summed E-state index contributed by atoms with van der Waals surface area (Å²) in [6.07, 6.45) is 0. The molecular weight excluding hydrogens is 237 g/mol. The molecule has 0 saturated carbocycles. The van der Waals surface area contributed by atoms with Crippen LogP contribution in [0.5, 0.6) is 0 Å². The third-order valence-electron chi connectivity index (χ3n) is 0. The van der Waals surface area contributed by atoms with Crippen LogP contribution in [0.25, 0.3) is 0 Å². The van der Waals surface area contributed by atoms with Gasteiger partial charge in [-0.3, -0.25) is 0 Å². The van der Waals surface area contributed by atoms with E-state index in [4.69, 9.17) is 15.3 Å². The Labute approximate surface area is 64.2 Å². The SMILES string of the molecule is O.O=[N+]([O-])O.[Tb]. The maximum absolute atomic E-state index is 8.36. The van der Waals surface area contributed by atoms with Crippen LogP contribution in [0.3, 0.4) is 0 Å². The molecule has 0 bridgehead atoms. The fourth-order valence-electron chi connectivity index (χ4n) is 0. The van der Waals surface area contributed by atoms with Crippen molar-refractivity contribution in [2.75, 3.05) is 0 Å². The molecule has 0 atom stereocenters. The van der Waals surface area contributed by atoms with E-state index < -0.39 is 5.09 Å². The summed E-state index contributed by atoms with van der Waals surface area (Å²) in [7, 11) is 0. The van der Waals surface area contributed by atoms with E-state index in [1.165, 1.54) is 0 Å². The molecule has 0 aliphatic heterocycles. The van der Waals surface area contributed by atoms with Crippen LogP contribution in [0, 0.1) is 48.7 Å². The molecule has 0 fully saturated rings. The topological polar surface area (TPSA) is 94.9 Å². The summed E-state index contributed by atoms with van der Waals surface area (Å²) < 4.78 is 0. The first-order valence-electron chi connectivity index (χ1n) is 0.565. The summed E-state index contributed by atoms with van der Waals surface area (Å²) in [5, 5.41) is 13.6. The summed E-state index contributed by atoms with van der Waals surface area (Å²) in [5.74, 6) is 0. The second-order valence-electron chi connectivity index (χ2n) is 0.238. The molecule has 0 aromatic heterocycles. The van der Waals surface area contributed by atoms with Crippen LogP contribution in [0.15, 0.2) is 0 Å². The van der Waals surface area contributed by atoms with Crippen LogP contribution >= 0.6 is 0 Å². The standard InChI is InChI=1S/HNO3.H2O.Tb/c2-1(3)4;;/h(H,2,3,4);1H2;. The van der Waals surface area contributed by atoms with Gasteiger partial charge in [0.15, 0.2) is 0 Å². The number of rotatable bonds is 0. The van der Waals surface area contributed by atoms with E-state index in [0.29, 0.717) is 0 Å². The van der Waals surface area contributed by atoms with E-state index in [9.17, 15) is 0 Å². The Morgan fingerprint density at radius 2 is 1.67 bits per heavy atom.